The van der Waals surface area contributed by atoms with Crippen molar-refractivity contribution in [2.45, 2.75) is 20.0 Å². The molecule has 0 bridgehead atoms. The summed E-state index contributed by atoms with van der Waals surface area (Å²) in [6.45, 7) is 3.78. The van der Waals surface area contributed by atoms with Crippen molar-refractivity contribution in [2.75, 3.05) is 13.2 Å². The molecule has 0 heterocycles. The first-order chi connectivity index (χ1) is 15.6. The third-order valence-corrected chi connectivity index (χ3v) is 4.41. The number of alkyl halides is 2. The topological polar surface area (TPSA) is 27.7 Å². The van der Waals surface area contributed by atoms with Crippen LogP contribution in [0.15, 0.2) is 42.5 Å². The second-order valence-electron chi connectivity index (χ2n) is 6.63. The molecule has 33 heavy (non-hydrogen) atoms. The van der Waals surface area contributed by atoms with Crippen LogP contribution >= 0.6 is 0 Å². The van der Waals surface area contributed by atoms with Gasteiger partial charge in [0.1, 0.15) is 34.4 Å². The Morgan fingerprint density at radius 2 is 1.21 bits per heavy atom. The first-order valence-electron chi connectivity index (χ1n) is 9.68. The normalized spacial score (nSPS) is 11.4. The van der Waals surface area contributed by atoms with Crippen molar-refractivity contribution in [2.24, 2.45) is 0 Å². The molecule has 0 aromatic heterocycles. The molecule has 0 aliphatic carbocycles. The predicted molar refractivity (Wildman–Crippen MR) is 105 cm³/mol. The van der Waals surface area contributed by atoms with Gasteiger partial charge in [-0.1, -0.05) is 6.07 Å². The summed E-state index contributed by atoms with van der Waals surface area (Å²) in [5.74, 6) is -9.70. The molecule has 0 fully saturated rings. The molecular formula is C23H17F7O3. The highest BCUT2D eigenvalue weighted by Gasteiger charge is 2.41. The lowest BCUT2D eigenvalue weighted by Crippen LogP contribution is -2.25. The average Bonchev–Trinajstić information content (AvgIpc) is 2.71. The maximum atomic E-state index is 14.8. The van der Waals surface area contributed by atoms with Gasteiger partial charge < -0.3 is 14.2 Å². The van der Waals surface area contributed by atoms with Crippen LogP contribution in [0.3, 0.4) is 0 Å². The first-order valence-corrected chi connectivity index (χ1v) is 9.68. The van der Waals surface area contributed by atoms with E-state index in [1.54, 1.807) is 19.9 Å². The van der Waals surface area contributed by atoms with E-state index in [-0.39, 0.29) is 48.0 Å². The molecule has 0 aliphatic rings. The van der Waals surface area contributed by atoms with Crippen LogP contribution in [0.4, 0.5) is 30.7 Å². The molecule has 0 unspecified atom stereocenters. The van der Waals surface area contributed by atoms with Crippen LogP contribution in [0.25, 0.3) is 11.1 Å². The minimum Gasteiger partial charge on any atom is -0.493 e. The Morgan fingerprint density at radius 1 is 0.727 bits per heavy atom. The van der Waals surface area contributed by atoms with Gasteiger partial charge in [-0.05, 0) is 43.7 Å². The van der Waals surface area contributed by atoms with Crippen LogP contribution in [-0.2, 0) is 6.11 Å². The zero-order valence-electron chi connectivity index (χ0n) is 17.3. The van der Waals surface area contributed by atoms with Gasteiger partial charge in [0.2, 0.25) is 0 Å². The summed E-state index contributed by atoms with van der Waals surface area (Å²) >= 11 is 0. The van der Waals surface area contributed by atoms with E-state index < -0.39 is 46.5 Å². The van der Waals surface area contributed by atoms with Crippen molar-refractivity contribution in [3.8, 4) is 28.4 Å². The van der Waals surface area contributed by atoms with Gasteiger partial charge in [0.15, 0.2) is 17.5 Å². The van der Waals surface area contributed by atoms with Gasteiger partial charge in [-0.3, -0.25) is 0 Å². The fraction of sp³-hybridized carbons (Fsp3) is 0.217. The molecule has 10 heteroatoms. The van der Waals surface area contributed by atoms with E-state index in [9.17, 15) is 30.7 Å². The number of benzene rings is 3. The second-order valence-corrected chi connectivity index (χ2v) is 6.63. The Kier molecular flexibility index (Phi) is 7.04. The van der Waals surface area contributed by atoms with E-state index in [1.165, 1.54) is 12.1 Å². The van der Waals surface area contributed by atoms with Crippen molar-refractivity contribution in [1.29, 1.82) is 0 Å². The lowest BCUT2D eigenvalue weighted by molar-refractivity contribution is -0.189. The van der Waals surface area contributed by atoms with Gasteiger partial charge in [-0.25, -0.2) is 22.0 Å². The van der Waals surface area contributed by atoms with Crippen LogP contribution in [-0.4, -0.2) is 13.2 Å². The standard InChI is InChI=1S/C23H17F7O3/c1-3-31-18-6-5-7-19(32-4-2)20(18)12-8-14(24)21(15(25)9-12)23(29,30)33-13-10-16(26)22(28)17(27)11-13/h5-11H,3-4H2,1-2H3. The van der Waals surface area contributed by atoms with Crippen LogP contribution in [0.1, 0.15) is 19.4 Å². The number of halogens is 7. The van der Waals surface area contributed by atoms with Crippen molar-refractivity contribution in [1.82, 2.24) is 0 Å². The average molecular weight is 474 g/mol. The van der Waals surface area contributed by atoms with Crippen molar-refractivity contribution in [3.05, 3.63) is 77.1 Å². The number of ether oxygens (including phenoxy) is 3. The predicted octanol–water partition coefficient (Wildman–Crippen LogP) is 6.97. The maximum absolute atomic E-state index is 14.8. The molecule has 0 aliphatic heterocycles. The van der Waals surface area contributed by atoms with E-state index in [0.717, 1.165) is 0 Å². The minimum absolute atomic E-state index is 0.128. The van der Waals surface area contributed by atoms with Crippen molar-refractivity contribution in [3.63, 3.8) is 0 Å². The molecule has 0 spiro atoms. The largest absolute Gasteiger partial charge is 0.493 e. The summed E-state index contributed by atoms with van der Waals surface area (Å²) in [6.07, 6.45) is -4.69. The quantitative estimate of drug-likeness (QED) is 0.261. The van der Waals surface area contributed by atoms with Gasteiger partial charge in [0.05, 0.1) is 18.8 Å². The highest BCUT2D eigenvalue weighted by Crippen LogP contribution is 2.42. The summed E-state index contributed by atoms with van der Waals surface area (Å²) in [6, 6.07) is 6.13. The monoisotopic (exact) mass is 474 g/mol. The van der Waals surface area contributed by atoms with Crippen LogP contribution in [0, 0.1) is 29.1 Å². The molecule has 3 aromatic carbocycles. The molecule has 0 saturated carbocycles. The smallest absolute Gasteiger partial charge is 0.432 e. The van der Waals surface area contributed by atoms with Crippen LogP contribution in [0.2, 0.25) is 0 Å². The lowest BCUT2D eigenvalue weighted by Gasteiger charge is -2.21. The first kappa shape index (κ1) is 24.2. The highest BCUT2D eigenvalue weighted by molar-refractivity contribution is 5.77. The zero-order chi connectivity index (χ0) is 24.3. The highest BCUT2D eigenvalue weighted by atomic mass is 19.3. The summed E-state index contributed by atoms with van der Waals surface area (Å²) in [5.41, 5.74) is -1.82. The lowest BCUT2D eigenvalue weighted by atomic mass is 10.00. The fourth-order valence-electron chi connectivity index (χ4n) is 3.13. The van der Waals surface area contributed by atoms with Gasteiger partial charge in [-0.15, -0.1) is 0 Å². The van der Waals surface area contributed by atoms with E-state index in [4.69, 9.17) is 9.47 Å². The summed E-state index contributed by atoms with van der Waals surface area (Å²) < 4.78 is 113. The van der Waals surface area contributed by atoms with Gasteiger partial charge in [-0.2, -0.15) is 8.78 Å². The Morgan fingerprint density at radius 3 is 1.67 bits per heavy atom. The van der Waals surface area contributed by atoms with E-state index in [0.29, 0.717) is 12.1 Å². The summed E-state index contributed by atoms with van der Waals surface area (Å²) in [7, 11) is 0. The Labute approximate surface area is 184 Å². The molecule has 0 radical (unpaired) electrons. The van der Waals surface area contributed by atoms with Gasteiger partial charge >= 0.3 is 6.11 Å². The molecule has 176 valence electrons. The van der Waals surface area contributed by atoms with Gasteiger partial charge in [0, 0.05) is 12.1 Å². The van der Waals surface area contributed by atoms with E-state index in [1.807, 2.05) is 0 Å². The molecular weight excluding hydrogens is 457 g/mol. The molecule has 0 amide bonds. The third-order valence-electron chi connectivity index (χ3n) is 4.41. The SMILES string of the molecule is CCOc1cccc(OCC)c1-c1cc(F)c(C(F)(F)Oc2cc(F)c(F)c(F)c2)c(F)c1. The molecule has 3 nitrogen and oxygen atoms in total. The van der Waals surface area contributed by atoms with Crippen molar-refractivity contribution < 1.29 is 44.9 Å². The molecule has 0 saturated heterocycles. The number of hydrogen-bond acceptors (Lipinski definition) is 3. The Hall–Kier alpha value is -3.43. The molecule has 3 aromatic rings. The van der Waals surface area contributed by atoms with Gasteiger partial charge in [0.25, 0.3) is 0 Å². The maximum Gasteiger partial charge on any atom is 0.432 e. The van der Waals surface area contributed by atoms with E-state index in [2.05, 4.69) is 4.74 Å². The molecule has 0 N–H and O–H groups in total. The Bertz CT molecular complexity index is 1090. The number of rotatable bonds is 8. The minimum atomic E-state index is -4.69. The summed E-state index contributed by atoms with van der Waals surface area (Å²) in [4.78, 5) is 0. The molecule has 0 atom stereocenters. The third kappa shape index (κ3) is 4.99. The second kappa shape index (κ2) is 9.60. The number of hydrogen-bond donors (Lipinski definition) is 0. The van der Waals surface area contributed by atoms with Crippen molar-refractivity contribution >= 4 is 0 Å². The fourth-order valence-corrected chi connectivity index (χ4v) is 3.13. The molecule has 3 rings (SSSR count). The van der Waals surface area contributed by atoms with Crippen LogP contribution < -0.4 is 14.2 Å². The zero-order valence-corrected chi connectivity index (χ0v) is 17.3. The van der Waals surface area contributed by atoms with Crippen LogP contribution in [0.5, 0.6) is 17.2 Å². The summed E-state index contributed by atoms with van der Waals surface area (Å²) in [5, 5.41) is 0. The Balaban J connectivity index is 2.07. The van der Waals surface area contributed by atoms with E-state index >= 15 is 0 Å².